The number of rotatable bonds is 5. The summed E-state index contributed by atoms with van der Waals surface area (Å²) in [5, 5.41) is 7.94. The molecule has 2 N–H and O–H groups in total. The van der Waals surface area contributed by atoms with E-state index < -0.39 is 0 Å². The zero-order valence-electron chi connectivity index (χ0n) is 15.9. The molecule has 0 saturated carbocycles. The lowest BCUT2D eigenvalue weighted by atomic mass is 10.2. The van der Waals surface area contributed by atoms with Crippen molar-refractivity contribution >= 4 is 23.5 Å². The van der Waals surface area contributed by atoms with E-state index in [0.29, 0.717) is 11.7 Å². The van der Waals surface area contributed by atoms with Gasteiger partial charge in [-0.15, -0.1) is 0 Å². The van der Waals surface area contributed by atoms with Crippen molar-refractivity contribution in [3.05, 3.63) is 88.7 Å². The van der Waals surface area contributed by atoms with Crippen LogP contribution in [0.25, 0.3) is 5.69 Å². The number of nitrogens with zero attached hydrogens (tertiary/aromatic N) is 2. The molecule has 4 nitrogen and oxygen atoms in total. The van der Waals surface area contributed by atoms with Crippen molar-refractivity contribution in [1.29, 1.82) is 0 Å². The van der Waals surface area contributed by atoms with E-state index in [1.165, 1.54) is 16.8 Å². The third kappa shape index (κ3) is 4.83. The molecule has 0 radical (unpaired) electrons. The second-order valence-corrected chi connectivity index (χ2v) is 6.94. The molecule has 0 aliphatic rings. The van der Waals surface area contributed by atoms with E-state index in [0.717, 1.165) is 16.9 Å². The first-order chi connectivity index (χ1) is 13.0. The Labute approximate surface area is 165 Å². The maximum atomic E-state index is 5.28. The van der Waals surface area contributed by atoms with Crippen LogP contribution < -0.4 is 10.7 Å². The second-order valence-electron chi connectivity index (χ2n) is 6.54. The van der Waals surface area contributed by atoms with E-state index in [2.05, 4.69) is 83.6 Å². The SMILES string of the molecule is Cc1ccc(-n2c(C)cc(/C=N\NC(=S)NCc3ccccc3)c2C)cc1. The molecule has 3 aromatic rings. The third-order valence-electron chi connectivity index (χ3n) is 4.43. The molecule has 0 fully saturated rings. The van der Waals surface area contributed by atoms with Crippen molar-refractivity contribution in [2.24, 2.45) is 5.10 Å². The normalized spacial score (nSPS) is 10.9. The summed E-state index contributed by atoms with van der Waals surface area (Å²) < 4.78 is 2.23. The summed E-state index contributed by atoms with van der Waals surface area (Å²) in [6.07, 6.45) is 1.81. The number of hydrazone groups is 1. The highest BCUT2D eigenvalue weighted by Gasteiger charge is 2.09. The predicted octanol–water partition coefficient (Wildman–Crippen LogP) is 4.40. The number of nitrogens with one attached hydrogen (secondary N) is 2. The lowest BCUT2D eigenvalue weighted by Crippen LogP contribution is -2.31. The zero-order valence-corrected chi connectivity index (χ0v) is 16.7. The van der Waals surface area contributed by atoms with Crippen molar-refractivity contribution in [2.75, 3.05) is 0 Å². The van der Waals surface area contributed by atoms with Gasteiger partial charge in [-0.25, -0.2) is 0 Å². The topological polar surface area (TPSA) is 41.4 Å². The lowest BCUT2D eigenvalue weighted by Gasteiger charge is -2.10. The molecule has 2 aromatic carbocycles. The Morgan fingerprint density at radius 2 is 1.74 bits per heavy atom. The van der Waals surface area contributed by atoms with Gasteiger partial charge in [0.05, 0.1) is 6.21 Å². The second kappa shape index (κ2) is 8.64. The van der Waals surface area contributed by atoms with Gasteiger partial charge in [0, 0.05) is 29.2 Å². The minimum absolute atomic E-state index is 0.502. The fourth-order valence-corrected chi connectivity index (χ4v) is 3.11. The summed E-state index contributed by atoms with van der Waals surface area (Å²) in [5.41, 5.74) is 9.84. The zero-order chi connectivity index (χ0) is 19.2. The van der Waals surface area contributed by atoms with Gasteiger partial charge in [0.2, 0.25) is 0 Å². The molecule has 0 amide bonds. The molecule has 5 heteroatoms. The number of thiocarbonyl (C=S) groups is 1. The van der Waals surface area contributed by atoms with Crippen LogP contribution in [0, 0.1) is 20.8 Å². The van der Waals surface area contributed by atoms with E-state index in [1.807, 2.05) is 24.4 Å². The molecule has 0 unspecified atom stereocenters. The largest absolute Gasteiger partial charge is 0.357 e. The molecule has 27 heavy (non-hydrogen) atoms. The number of hydrogen-bond donors (Lipinski definition) is 2. The Bertz CT molecular complexity index is 940. The first-order valence-electron chi connectivity index (χ1n) is 8.91. The Morgan fingerprint density at radius 3 is 2.44 bits per heavy atom. The number of aryl methyl sites for hydroxylation is 2. The number of aromatic nitrogens is 1. The lowest BCUT2D eigenvalue weighted by molar-refractivity contribution is 0.868. The van der Waals surface area contributed by atoms with Crippen LogP contribution in [0.4, 0.5) is 0 Å². The van der Waals surface area contributed by atoms with Gasteiger partial charge in [-0.05, 0) is 56.8 Å². The van der Waals surface area contributed by atoms with E-state index in [4.69, 9.17) is 12.2 Å². The molecule has 0 aliphatic carbocycles. The number of benzene rings is 2. The summed E-state index contributed by atoms with van der Waals surface area (Å²) in [4.78, 5) is 0. The summed E-state index contributed by atoms with van der Waals surface area (Å²) in [7, 11) is 0. The van der Waals surface area contributed by atoms with Crippen molar-refractivity contribution < 1.29 is 0 Å². The quantitative estimate of drug-likeness (QED) is 0.394. The predicted molar refractivity (Wildman–Crippen MR) is 117 cm³/mol. The summed E-state index contributed by atoms with van der Waals surface area (Å²) in [5.74, 6) is 0. The standard InChI is InChI=1S/C22H24N4S/c1-16-9-11-21(12-10-16)26-17(2)13-20(18(26)3)15-24-25-22(27)23-14-19-7-5-4-6-8-19/h4-13,15H,14H2,1-3H3,(H2,23,25,27)/b24-15-. The van der Waals surface area contributed by atoms with Crippen molar-refractivity contribution in [3.8, 4) is 5.69 Å². The summed E-state index contributed by atoms with van der Waals surface area (Å²) in [6.45, 7) is 6.96. The van der Waals surface area contributed by atoms with Crippen LogP contribution in [-0.4, -0.2) is 15.9 Å². The number of hydrogen-bond acceptors (Lipinski definition) is 2. The maximum absolute atomic E-state index is 5.28. The average Bonchev–Trinajstić information content (AvgIpc) is 2.95. The van der Waals surface area contributed by atoms with E-state index in [9.17, 15) is 0 Å². The molecule has 1 heterocycles. The van der Waals surface area contributed by atoms with Crippen LogP contribution in [0.15, 0.2) is 65.8 Å². The highest BCUT2D eigenvalue weighted by Crippen LogP contribution is 2.20. The van der Waals surface area contributed by atoms with Crippen molar-refractivity contribution in [3.63, 3.8) is 0 Å². The Hall–Kier alpha value is -2.92. The Morgan fingerprint density at radius 1 is 1.04 bits per heavy atom. The van der Waals surface area contributed by atoms with E-state index in [-0.39, 0.29) is 0 Å². The molecule has 0 atom stereocenters. The van der Waals surface area contributed by atoms with Gasteiger partial charge < -0.3 is 9.88 Å². The smallest absolute Gasteiger partial charge is 0.187 e. The van der Waals surface area contributed by atoms with Crippen LogP contribution >= 0.6 is 12.2 Å². The molecular formula is C22H24N4S. The van der Waals surface area contributed by atoms with Gasteiger partial charge in [0.25, 0.3) is 0 Å². The van der Waals surface area contributed by atoms with E-state index in [1.54, 1.807) is 0 Å². The van der Waals surface area contributed by atoms with Gasteiger partial charge in [0.1, 0.15) is 0 Å². The average molecular weight is 377 g/mol. The van der Waals surface area contributed by atoms with Crippen LogP contribution in [0.5, 0.6) is 0 Å². The highest BCUT2D eigenvalue weighted by molar-refractivity contribution is 7.80. The molecule has 1 aromatic heterocycles. The highest BCUT2D eigenvalue weighted by atomic mass is 32.1. The van der Waals surface area contributed by atoms with E-state index >= 15 is 0 Å². The molecule has 0 spiro atoms. The van der Waals surface area contributed by atoms with Gasteiger partial charge in [-0.2, -0.15) is 5.10 Å². The fourth-order valence-electron chi connectivity index (χ4n) is 2.99. The van der Waals surface area contributed by atoms with Crippen LogP contribution in [0.1, 0.15) is 28.1 Å². The third-order valence-corrected chi connectivity index (χ3v) is 4.66. The first kappa shape index (κ1) is 18.9. The van der Waals surface area contributed by atoms with Crippen molar-refractivity contribution in [1.82, 2.24) is 15.3 Å². The first-order valence-corrected chi connectivity index (χ1v) is 9.32. The molecular weight excluding hydrogens is 352 g/mol. The molecule has 0 saturated heterocycles. The summed E-state index contributed by atoms with van der Waals surface area (Å²) >= 11 is 5.28. The van der Waals surface area contributed by atoms with Gasteiger partial charge in [0.15, 0.2) is 5.11 Å². The minimum atomic E-state index is 0.502. The monoisotopic (exact) mass is 376 g/mol. The van der Waals surface area contributed by atoms with Gasteiger partial charge in [-0.3, -0.25) is 5.43 Å². The molecule has 0 bridgehead atoms. The summed E-state index contributed by atoms with van der Waals surface area (Å²) in [6, 6.07) is 20.8. The van der Waals surface area contributed by atoms with Gasteiger partial charge >= 0.3 is 0 Å². The molecule has 3 rings (SSSR count). The van der Waals surface area contributed by atoms with Crippen LogP contribution in [0.3, 0.4) is 0 Å². The Kier molecular flexibility index (Phi) is 6.04. The molecule has 0 aliphatic heterocycles. The van der Waals surface area contributed by atoms with Crippen LogP contribution in [-0.2, 0) is 6.54 Å². The maximum Gasteiger partial charge on any atom is 0.187 e. The van der Waals surface area contributed by atoms with Crippen LogP contribution in [0.2, 0.25) is 0 Å². The molecule has 138 valence electrons. The Balaban J connectivity index is 1.63. The fraction of sp³-hybridized carbons (Fsp3) is 0.182. The minimum Gasteiger partial charge on any atom is -0.357 e. The van der Waals surface area contributed by atoms with Gasteiger partial charge in [-0.1, -0.05) is 48.0 Å². The van der Waals surface area contributed by atoms with Crippen molar-refractivity contribution in [2.45, 2.75) is 27.3 Å².